The minimum absolute atomic E-state index is 0.0368. The standard InChI is InChI=1S/C30H28N2O/c1-24(30(33)31-22-21-25-11-5-2-6-12-25)23-26-17-19-29(20-18-26)32(27-13-7-3-8-14-27)28-15-9-4-10-16-28/h2-20,23H,21-22H2,1H3,(H,31,33)/b24-23-. The number of nitrogens with one attached hydrogen (secondary N) is 1. The van der Waals surface area contributed by atoms with Crippen molar-refractivity contribution in [3.8, 4) is 0 Å². The van der Waals surface area contributed by atoms with Crippen LogP contribution in [-0.4, -0.2) is 12.5 Å². The third-order valence-electron chi connectivity index (χ3n) is 5.46. The molecule has 0 bridgehead atoms. The summed E-state index contributed by atoms with van der Waals surface area (Å²) in [6.07, 6.45) is 2.75. The van der Waals surface area contributed by atoms with Crippen molar-refractivity contribution in [1.29, 1.82) is 0 Å². The van der Waals surface area contributed by atoms with Gasteiger partial charge < -0.3 is 10.2 Å². The summed E-state index contributed by atoms with van der Waals surface area (Å²) in [7, 11) is 0. The maximum atomic E-state index is 12.5. The second-order valence-corrected chi connectivity index (χ2v) is 7.92. The number of carbonyl (C=O) groups is 1. The van der Waals surface area contributed by atoms with Gasteiger partial charge in [0.25, 0.3) is 0 Å². The molecule has 164 valence electrons. The molecule has 0 saturated carbocycles. The Balaban J connectivity index is 1.46. The molecular formula is C30H28N2O. The summed E-state index contributed by atoms with van der Waals surface area (Å²) in [6, 6.07) is 39.1. The van der Waals surface area contributed by atoms with E-state index in [1.807, 2.05) is 67.6 Å². The van der Waals surface area contributed by atoms with Crippen LogP contribution in [0.15, 0.2) is 121 Å². The average Bonchev–Trinajstić information content (AvgIpc) is 2.87. The van der Waals surface area contributed by atoms with Crippen molar-refractivity contribution in [3.63, 3.8) is 0 Å². The largest absolute Gasteiger partial charge is 0.352 e. The van der Waals surface area contributed by atoms with Crippen molar-refractivity contribution in [2.75, 3.05) is 11.4 Å². The van der Waals surface area contributed by atoms with E-state index in [1.165, 1.54) is 5.56 Å². The first-order valence-corrected chi connectivity index (χ1v) is 11.2. The monoisotopic (exact) mass is 432 g/mol. The molecular weight excluding hydrogens is 404 g/mol. The van der Waals surface area contributed by atoms with E-state index >= 15 is 0 Å². The van der Waals surface area contributed by atoms with Crippen molar-refractivity contribution < 1.29 is 4.79 Å². The second-order valence-electron chi connectivity index (χ2n) is 7.92. The number of hydrogen-bond acceptors (Lipinski definition) is 2. The third-order valence-corrected chi connectivity index (χ3v) is 5.46. The van der Waals surface area contributed by atoms with E-state index in [0.717, 1.165) is 29.0 Å². The lowest BCUT2D eigenvalue weighted by Crippen LogP contribution is -2.26. The zero-order chi connectivity index (χ0) is 22.9. The topological polar surface area (TPSA) is 32.3 Å². The zero-order valence-corrected chi connectivity index (χ0v) is 18.8. The first kappa shape index (κ1) is 22.1. The van der Waals surface area contributed by atoms with Crippen LogP contribution in [0.3, 0.4) is 0 Å². The number of hydrogen-bond donors (Lipinski definition) is 1. The Kier molecular flexibility index (Phi) is 7.34. The lowest BCUT2D eigenvalue weighted by atomic mass is 10.1. The molecule has 4 rings (SSSR count). The summed E-state index contributed by atoms with van der Waals surface area (Å²) in [5.41, 5.74) is 6.17. The van der Waals surface area contributed by atoms with Gasteiger partial charge in [0.2, 0.25) is 5.91 Å². The van der Waals surface area contributed by atoms with Crippen LogP contribution in [0.4, 0.5) is 17.1 Å². The molecule has 0 unspecified atom stereocenters. The molecule has 0 fully saturated rings. The maximum Gasteiger partial charge on any atom is 0.246 e. The smallest absolute Gasteiger partial charge is 0.246 e. The number of benzene rings is 4. The number of anilines is 3. The predicted octanol–water partition coefficient (Wildman–Crippen LogP) is 6.92. The number of nitrogens with zero attached hydrogens (tertiary/aromatic N) is 1. The van der Waals surface area contributed by atoms with E-state index < -0.39 is 0 Å². The molecule has 1 N–H and O–H groups in total. The molecule has 0 aliphatic carbocycles. The van der Waals surface area contributed by atoms with Gasteiger partial charge >= 0.3 is 0 Å². The quantitative estimate of drug-likeness (QED) is 0.307. The first-order valence-electron chi connectivity index (χ1n) is 11.2. The van der Waals surface area contributed by atoms with E-state index in [1.54, 1.807) is 0 Å². The molecule has 3 nitrogen and oxygen atoms in total. The summed E-state index contributed by atoms with van der Waals surface area (Å²) in [5, 5.41) is 3.01. The Morgan fingerprint density at radius 1 is 0.697 bits per heavy atom. The highest BCUT2D eigenvalue weighted by Gasteiger charge is 2.11. The summed E-state index contributed by atoms with van der Waals surface area (Å²) in [5.74, 6) is -0.0368. The summed E-state index contributed by atoms with van der Waals surface area (Å²) < 4.78 is 0. The third kappa shape index (κ3) is 5.98. The fraction of sp³-hybridized carbons (Fsp3) is 0.100. The fourth-order valence-electron chi connectivity index (χ4n) is 3.74. The van der Waals surface area contributed by atoms with E-state index in [-0.39, 0.29) is 5.91 Å². The van der Waals surface area contributed by atoms with Crippen LogP contribution < -0.4 is 10.2 Å². The predicted molar refractivity (Wildman–Crippen MR) is 138 cm³/mol. The van der Waals surface area contributed by atoms with Crippen LogP contribution >= 0.6 is 0 Å². The molecule has 1 amide bonds. The molecule has 0 heterocycles. The van der Waals surface area contributed by atoms with Gasteiger partial charge in [-0.05, 0) is 66.9 Å². The van der Waals surface area contributed by atoms with Gasteiger partial charge in [0.15, 0.2) is 0 Å². The average molecular weight is 433 g/mol. The van der Waals surface area contributed by atoms with Crippen molar-refractivity contribution in [1.82, 2.24) is 5.32 Å². The Morgan fingerprint density at radius 2 is 1.18 bits per heavy atom. The van der Waals surface area contributed by atoms with Gasteiger partial charge in [-0.2, -0.15) is 0 Å². The lowest BCUT2D eigenvalue weighted by Gasteiger charge is -2.25. The fourth-order valence-corrected chi connectivity index (χ4v) is 3.74. The van der Waals surface area contributed by atoms with Crippen LogP contribution in [-0.2, 0) is 11.2 Å². The highest BCUT2D eigenvalue weighted by molar-refractivity contribution is 5.97. The molecule has 0 aromatic heterocycles. The zero-order valence-electron chi connectivity index (χ0n) is 18.8. The first-order chi connectivity index (χ1) is 16.2. The highest BCUT2D eigenvalue weighted by Crippen LogP contribution is 2.34. The van der Waals surface area contributed by atoms with Gasteiger partial charge in [0.1, 0.15) is 0 Å². The van der Waals surface area contributed by atoms with Crippen molar-refractivity contribution in [3.05, 3.63) is 132 Å². The second kappa shape index (κ2) is 11.0. The molecule has 0 aliphatic rings. The van der Waals surface area contributed by atoms with Gasteiger partial charge in [0, 0.05) is 29.2 Å². The molecule has 0 spiro atoms. The van der Waals surface area contributed by atoms with Crippen LogP contribution in [0.1, 0.15) is 18.1 Å². The van der Waals surface area contributed by atoms with E-state index in [4.69, 9.17) is 0 Å². The number of carbonyl (C=O) groups excluding carboxylic acids is 1. The Bertz CT molecular complexity index is 1150. The molecule has 3 heteroatoms. The van der Waals surface area contributed by atoms with Crippen LogP contribution in [0.25, 0.3) is 6.08 Å². The minimum atomic E-state index is -0.0368. The van der Waals surface area contributed by atoms with E-state index in [9.17, 15) is 4.79 Å². The van der Waals surface area contributed by atoms with Gasteiger partial charge in [0.05, 0.1) is 0 Å². The Labute approximate surface area is 196 Å². The van der Waals surface area contributed by atoms with Crippen molar-refractivity contribution >= 4 is 29.0 Å². The maximum absolute atomic E-state index is 12.5. The molecule has 0 aliphatic heterocycles. The van der Waals surface area contributed by atoms with Crippen LogP contribution in [0.2, 0.25) is 0 Å². The van der Waals surface area contributed by atoms with E-state index in [2.05, 4.69) is 70.9 Å². The minimum Gasteiger partial charge on any atom is -0.352 e. The van der Waals surface area contributed by atoms with Crippen LogP contribution in [0, 0.1) is 0 Å². The van der Waals surface area contributed by atoms with Gasteiger partial charge in [-0.3, -0.25) is 4.79 Å². The van der Waals surface area contributed by atoms with Gasteiger partial charge in [-0.25, -0.2) is 0 Å². The summed E-state index contributed by atoms with van der Waals surface area (Å²) in [4.78, 5) is 14.7. The lowest BCUT2D eigenvalue weighted by molar-refractivity contribution is -0.117. The van der Waals surface area contributed by atoms with Gasteiger partial charge in [-0.15, -0.1) is 0 Å². The summed E-state index contributed by atoms with van der Waals surface area (Å²) in [6.45, 7) is 2.47. The Morgan fingerprint density at radius 3 is 1.73 bits per heavy atom. The van der Waals surface area contributed by atoms with Crippen molar-refractivity contribution in [2.45, 2.75) is 13.3 Å². The highest BCUT2D eigenvalue weighted by atomic mass is 16.1. The number of amides is 1. The summed E-state index contributed by atoms with van der Waals surface area (Å²) >= 11 is 0. The molecule has 0 saturated heterocycles. The van der Waals surface area contributed by atoms with Crippen LogP contribution in [0.5, 0.6) is 0 Å². The molecule has 4 aromatic carbocycles. The number of rotatable bonds is 8. The normalized spacial score (nSPS) is 11.1. The molecule has 33 heavy (non-hydrogen) atoms. The van der Waals surface area contributed by atoms with E-state index in [0.29, 0.717) is 12.1 Å². The van der Waals surface area contributed by atoms with Crippen molar-refractivity contribution in [2.24, 2.45) is 0 Å². The van der Waals surface area contributed by atoms with Gasteiger partial charge in [-0.1, -0.05) is 78.9 Å². The SMILES string of the molecule is C/C(=C/c1ccc(N(c2ccccc2)c2ccccc2)cc1)C(=O)NCCc1ccccc1. The molecule has 0 atom stereocenters. The number of para-hydroxylation sites is 2. The Hall–Kier alpha value is -4.11. The molecule has 0 radical (unpaired) electrons. The molecule has 4 aromatic rings.